The smallest absolute Gasteiger partial charge is 0.253 e. The molecule has 5 nitrogen and oxygen atoms in total. The van der Waals surface area contributed by atoms with E-state index in [9.17, 15) is 4.79 Å². The summed E-state index contributed by atoms with van der Waals surface area (Å²) in [7, 11) is 0. The van der Waals surface area contributed by atoms with Crippen LogP contribution in [0.1, 0.15) is 45.9 Å². The number of rotatable bonds is 2. The zero-order valence-electron chi connectivity index (χ0n) is 13.4. The maximum atomic E-state index is 12.8. The van der Waals surface area contributed by atoms with Gasteiger partial charge in [0.05, 0.1) is 25.5 Å². The summed E-state index contributed by atoms with van der Waals surface area (Å²) in [5.41, 5.74) is 4.27. The average Bonchev–Trinajstić information content (AvgIpc) is 3.22. The van der Waals surface area contributed by atoms with Crippen LogP contribution in [-0.4, -0.2) is 33.7 Å². The number of carbonyl (C=O) groups is 1. The Balaban J connectivity index is 1.51. The SMILES string of the molecule is Cc1cnn([C@H]2CCCN(C(=O)c3ccc4c(c3)COC4)C2)c1. The zero-order valence-corrected chi connectivity index (χ0v) is 13.4. The summed E-state index contributed by atoms with van der Waals surface area (Å²) in [5, 5.41) is 4.42. The Kier molecular flexibility index (Phi) is 3.65. The Morgan fingerprint density at radius 2 is 2.17 bits per heavy atom. The second-order valence-corrected chi connectivity index (χ2v) is 6.52. The fourth-order valence-corrected chi connectivity index (χ4v) is 3.48. The van der Waals surface area contributed by atoms with E-state index in [0.29, 0.717) is 13.2 Å². The van der Waals surface area contributed by atoms with Gasteiger partial charge in [-0.05, 0) is 48.6 Å². The maximum absolute atomic E-state index is 12.8. The molecule has 1 aromatic heterocycles. The Bertz CT molecular complexity index is 738. The first-order valence-electron chi connectivity index (χ1n) is 8.20. The number of nitrogens with zero attached hydrogens (tertiary/aromatic N) is 3. The van der Waals surface area contributed by atoms with Crippen LogP contribution in [0.5, 0.6) is 0 Å². The van der Waals surface area contributed by atoms with Crippen LogP contribution in [0.25, 0.3) is 0 Å². The standard InChI is InChI=1S/C18H21N3O2/c1-13-8-19-21(9-13)17-3-2-6-20(10-17)18(22)14-4-5-15-11-23-12-16(15)7-14/h4-5,7-9,17H,2-3,6,10-12H2,1H3/t17-/m0/s1. The number of fused-ring (bicyclic) bond motifs is 1. The molecule has 3 heterocycles. The largest absolute Gasteiger partial charge is 0.372 e. The fourth-order valence-electron chi connectivity index (χ4n) is 3.48. The Morgan fingerprint density at radius 1 is 1.30 bits per heavy atom. The number of hydrogen-bond acceptors (Lipinski definition) is 3. The molecule has 1 amide bonds. The Labute approximate surface area is 135 Å². The summed E-state index contributed by atoms with van der Waals surface area (Å²) in [6.45, 7) is 4.87. The van der Waals surface area contributed by atoms with Crippen LogP contribution in [0.4, 0.5) is 0 Å². The molecule has 1 saturated heterocycles. The lowest BCUT2D eigenvalue weighted by Gasteiger charge is -2.33. The monoisotopic (exact) mass is 311 g/mol. The summed E-state index contributed by atoms with van der Waals surface area (Å²) >= 11 is 0. The summed E-state index contributed by atoms with van der Waals surface area (Å²) in [6.07, 6.45) is 6.03. The number of benzene rings is 1. The van der Waals surface area contributed by atoms with Crippen molar-refractivity contribution in [3.63, 3.8) is 0 Å². The molecule has 23 heavy (non-hydrogen) atoms. The third-order valence-electron chi connectivity index (χ3n) is 4.76. The minimum absolute atomic E-state index is 0.119. The third-order valence-corrected chi connectivity index (χ3v) is 4.76. The maximum Gasteiger partial charge on any atom is 0.253 e. The van der Waals surface area contributed by atoms with Gasteiger partial charge in [0, 0.05) is 24.8 Å². The van der Waals surface area contributed by atoms with Gasteiger partial charge in [-0.1, -0.05) is 6.07 Å². The Hall–Kier alpha value is -2.14. The predicted molar refractivity (Wildman–Crippen MR) is 86.1 cm³/mol. The lowest BCUT2D eigenvalue weighted by Crippen LogP contribution is -2.40. The minimum atomic E-state index is 0.119. The number of piperidine rings is 1. The number of carbonyl (C=O) groups excluding carboxylic acids is 1. The molecule has 1 aromatic carbocycles. The van der Waals surface area contributed by atoms with Crippen molar-refractivity contribution in [2.45, 2.75) is 39.0 Å². The van der Waals surface area contributed by atoms with E-state index in [-0.39, 0.29) is 11.9 Å². The molecule has 2 aliphatic heterocycles. The van der Waals surface area contributed by atoms with E-state index in [1.54, 1.807) is 0 Å². The van der Waals surface area contributed by atoms with Crippen molar-refractivity contribution in [1.29, 1.82) is 0 Å². The van der Waals surface area contributed by atoms with Gasteiger partial charge in [0.1, 0.15) is 0 Å². The molecule has 4 rings (SSSR count). The molecular weight excluding hydrogens is 290 g/mol. The first kappa shape index (κ1) is 14.5. The van der Waals surface area contributed by atoms with Gasteiger partial charge < -0.3 is 9.64 Å². The molecular formula is C18H21N3O2. The quantitative estimate of drug-likeness (QED) is 0.857. The fraction of sp³-hybridized carbons (Fsp3) is 0.444. The van der Waals surface area contributed by atoms with Gasteiger partial charge in [0.25, 0.3) is 5.91 Å². The van der Waals surface area contributed by atoms with E-state index < -0.39 is 0 Å². The van der Waals surface area contributed by atoms with Crippen LogP contribution in [0, 0.1) is 6.92 Å². The molecule has 2 aliphatic rings. The van der Waals surface area contributed by atoms with Crippen LogP contribution < -0.4 is 0 Å². The van der Waals surface area contributed by atoms with E-state index in [4.69, 9.17) is 4.74 Å². The van der Waals surface area contributed by atoms with Gasteiger partial charge in [-0.25, -0.2) is 0 Å². The molecule has 5 heteroatoms. The number of ether oxygens (including phenoxy) is 1. The molecule has 0 N–H and O–H groups in total. The summed E-state index contributed by atoms with van der Waals surface area (Å²) in [5.74, 6) is 0.119. The van der Waals surface area contributed by atoms with Gasteiger partial charge in [-0.15, -0.1) is 0 Å². The van der Waals surface area contributed by atoms with E-state index in [0.717, 1.165) is 42.6 Å². The van der Waals surface area contributed by atoms with Crippen molar-refractivity contribution in [3.8, 4) is 0 Å². The number of amides is 1. The first-order chi connectivity index (χ1) is 11.2. The van der Waals surface area contributed by atoms with Crippen molar-refractivity contribution in [3.05, 3.63) is 52.8 Å². The second kappa shape index (κ2) is 5.81. The highest BCUT2D eigenvalue weighted by atomic mass is 16.5. The average molecular weight is 311 g/mol. The molecule has 120 valence electrons. The molecule has 0 saturated carbocycles. The molecule has 0 spiro atoms. The van der Waals surface area contributed by atoms with Crippen molar-refractivity contribution in [2.24, 2.45) is 0 Å². The van der Waals surface area contributed by atoms with E-state index in [1.165, 1.54) is 5.56 Å². The van der Waals surface area contributed by atoms with Crippen molar-refractivity contribution in [1.82, 2.24) is 14.7 Å². The summed E-state index contributed by atoms with van der Waals surface area (Å²) in [4.78, 5) is 14.8. The highest BCUT2D eigenvalue weighted by Crippen LogP contribution is 2.25. The normalized spacial score (nSPS) is 20.6. The summed E-state index contributed by atoms with van der Waals surface area (Å²) in [6, 6.07) is 6.22. The molecule has 2 aromatic rings. The van der Waals surface area contributed by atoms with E-state index in [2.05, 4.69) is 11.3 Å². The molecule has 0 aliphatic carbocycles. The third kappa shape index (κ3) is 2.77. The van der Waals surface area contributed by atoms with Gasteiger partial charge in [-0.2, -0.15) is 5.10 Å². The lowest BCUT2D eigenvalue weighted by molar-refractivity contribution is 0.0673. The van der Waals surface area contributed by atoms with Crippen LogP contribution in [-0.2, 0) is 18.0 Å². The van der Waals surface area contributed by atoms with Crippen LogP contribution >= 0.6 is 0 Å². The molecule has 0 bridgehead atoms. The molecule has 1 atom stereocenters. The topological polar surface area (TPSA) is 47.4 Å². The van der Waals surface area contributed by atoms with Crippen molar-refractivity contribution >= 4 is 5.91 Å². The number of aromatic nitrogens is 2. The van der Waals surface area contributed by atoms with Crippen LogP contribution in [0.2, 0.25) is 0 Å². The first-order valence-corrected chi connectivity index (χ1v) is 8.20. The number of hydrogen-bond donors (Lipinski definition) is 0. The highest BCUT2D eigenvalue weighted by Gasteiger charge is 2.26. The Morgan fingerprint density at radius 3 is 3.00 bits per heavy atom. The van der Waals surface area contributed by atoms with Crippen molar-refractivity contribution in [2.75, 3.05) is 13.1 Å². The zero-order chi connectivity index (χ0) is 15.8. The molecule has 0 unspecified atom stereocenters. The number of likely N-dealkylation sites (tertiary alicyclic amines) is 1. The van der Waals surface area contributed by atoms with Crippen LogP contribution in [0.3, 0.4) is 0 Å². The summed E-state index contributed by atoms with van der Waals surface area (Å²) < 4.78 is 7.44. The number of aryl methyl sites for hydroxylation is 1. The molecule has 1 fully saturated rings. The van der Waals surface area contributed by atoms with Gasteiger partial charge in [0.15, 0.2) is 0 Å². The van der Waals surface area contributed by atoms with Gasteiger partial charge >= 0.3 is 0 Å². The van der Waals surface area contributed by atoms with Crippen LogP contribution in [0.15, 0.2) is 30.6 Å². The van der Waals surface area contributed by atoms with Gasteiger partial charge in [0.2, 0.25) is 0 Å². The second-order valence-electron chi connectivity index (χ2n) is 6.52. The highest BCUT2D eigenvalue weighted by molar-refractivity contribution is 5.94. The predicted octanol–water partition coefficient (Wildman–Crippen LogP) is 2.70. The molecule has 0 radical (unpaired) electrons. The van der Waals surface area contributed by atoms with E-state index in [1.807, 2.05) is 40.9 Å². The van der Waals surface area contributed by atoms with Gasteiger partial charge in [-0.3, -0.25) is 9.48 Å². The minimum Gasteiger partial charge on any atom is -0.372 e. The van der Waals surface area contributed by atoms with Crippen molar-refractivity contribution < 1.29 is 9.53 Å². The van der Waals surface area contributed by atoms with E-state index >= 15 is 0 Å². The lowest BCUT2D eigenvalue weighted by atomic mass is 10.0.